The third-order valence-corrected chi connectivity index (χ3v) is 1.11. The molecule has 0 amide bonds. The lowest BCUT2D eigenvalue weighted by Gasteiger charge is -1.95. The standard InChI is InChI=1S/C5H2ClF2NO2/c6-3(4(7)8)2(1-9)5(10)11/h4H,(H,10,11)/b3-2+. The van der Waals surface area contributed by atoms with Crippen molar-refractivity contribution in [3.8, 4) is 6.07 Å². The van der Waals surface area contributed by atoms with Crippen LogP contribution in [0.1, 0.15) is 0 Å². The Hall–Kier alpha value is -1.15. The van der Waals surface area contributed by atoms with E-state index in [9.17, 15) is 13.6 Å². The number of hydrogen-bond acceptors (Lipinski definition) is 2. The predicted molar refractivity (Wildman–Crippen MR) is 32.1 cm³/mol. The first-order chi connectivity index (χ1) is 5.00. The van der Waals surface area contributed by atoms with Crippen molar-refractivity contribution in [2.45, 2.75) is 6.43 Å². The molecule has 6 heteroatoms. The van der Waals surface area contributed by atoms with Crippen molar-refractivity contribution in [1.29, 1.82) is 5.26 Å². The van der Waals surface area contributed by atoms with Gasteiger partial charge in [-0.15, -0.1) is 0 Å². The van der Waals surface area contributed by atoms with Gasteiger partial charge in [0.15, 0.2) is 5.57 Å². The maximum Gasteiger partial charge on any atom is 0.347 e. The fourth-order valence-corrected chi connectivity index (χ4v) is 0.436. The summed E-state index contributed by atoms with van der Waals surface area (Å²) in [5.41, 5.74) is -1.12. The second-order valence-corrected chi connectivity index (χ2v) is 1.85. The van der Waals surface area contributed by atoms with E-state index in [4.69, 9.17) is 22.0 Å². The molecular formula is C5H2ClF2NO2. The zero-order valence-corrected chi connectivity index (χ0v) is 5.77. The van der Waals surface area contributed by atoms with Gasteiger partial charge in [0, 0.05) is 0 Å². The minimum absolute atomic E-state index is 1.05. The molecule has 0 aromatic heterocycles. The Labute approximate surface area is 65.5 Å². The van der Waals surface area contributed by atoms with Gasteiger partial charge in [0.05, 0.1) is 0 Å². The lowest BCUT2D eigenvalue weighted by atomic mass is 10.3. The number of nitriles is 1. The topological polar surface area (TPSA) is 61.1 Å². The first-order valence-corrected chi connectivity index (χ1v) is 2.69. The number of rotatable bonds is 2. The molecule has 0 aliphatic heterocycles. The Morgan fingerprint density at radius 2 is 2.09 bits per heavy atom. The van der Waals surface area contributed by atoms with E-state index >= 15 is 0 Å². The van der Waals surface area contributed by atoms with E-state index in [1.54, 1.807) is 0 Å². The maximum absolute atomic E-state index is 11.6. The van der Waals surface area contributed by atoms with Crippen LogP contribution < -0.4 is 0 Å². The monoisotopic (exact) mass is 181 g/mol. The predicted octanol–water partition coefficient (Wildman–Crippen LogP) is 1.35. The molecule has 0 saturated heterocycles. The van der Waals surface area contributed by atoms with Crippen LogP contribution in [0.2, 0.25) is 0 Å². The highest BCUT2D eigenvalue weighted by atomic mass is 35.5. The van der Waals surface area contributed by atoms with Crippen LogP contribution >= 0.6 is 11.6 Å². The molecular weight excluding hydrogens is 180 g/mol. The molecule has 0 heterocycles. The molecule has 0 spiro atoms. The van der Waals surface area contributed by atoms with E-state index in [1.165, 1.54) is 0 Å². The zero-order valence-electron chi connectivity index (χ0n) is 5.01. The minimum atomic E-state index is -3.12. The van der Waals surface area contributed by atoms with Crippen LogP contribution in [0.3, 0.4) is 0 Å². The molecule has 0 aliphatic rings. The number of carbonyl (C=O) groups is 1. The van der Waals surface area contributed by atoms with Gasteiger partial charge in [-0.25, -0.2) is 13.6 Å². The van der Waals surface area contributed by atoms with Gasteiger partial charge in [-0.1, -0.05) is 11.6 Å². The average Bonchev–Trinajstić information content (AvgIpc) is 1.88. The lowest BCUT2D eigenvalue weighted by Crippen LogP contribution is -2.04. The van der Waals surface area contributed by atoms with Crippen molar-refractivity contribution in [1.82, 2.24) is 0 Å². The molecule has 0 atom stereocenters. The van der Waals surface area contributed by atoms with Crippen LogP contribution in [-0.4, -0.2) is 17.5 Å². The van der Waals surface area contributed by atoms with E-state index in [1.807, 2.05) is 0 Å². The van der Waals surface area contributed by atoms with Gasteiger partial charge < -0.3 is 5.11 Å². The van der Waals surface area contributed by atoms with Gasteiger partial charge in [0.2, 0.25) is 0 Å². The van der Waals surface area contributed by atoms with E-state index in [-0.39, 0.29) is 0 Å². The van der Waals surface area contributed by atoms with Crippen molar-refractivity contribution in [3.05, 3.63) is 10.6 Å². The number of aliphatic carboxylic acids is 1. The Morgan fingerprint density at radius 1 is 1.64 bits per heavy atom. The Kier molecular flexibility index (Phi) is 3.48. The minimum Gasteiger partial charge on any atom is -0.477 e. The fraction of sp³-hybridized carbons (Fsp3) is 0.200. The summed E-state index contributed by atoms with van der Waals surface area (Å²) in [6.07, 6.45) is -3.12. The van der Waals surface area contributed by atoms with Crippen molar-refractivity contribution in [2.24, 2.45) is 0 Å². The molecule has 0 aromatic carbocycles. The van der Waals surface area contributed by atoms with Crippen LogP contribution in [-0.2, 0) is 4.79 Å². The lowest BCUT2D eigenvalue weighted by molar-refractivity contribution is -0.132. The summed E-state index contributed by atoms with van der Waals surface area (Å²) in [6, 6.07) is 1.05. The summed E-state index contributed by atoms with van der Waals surface area (Å²) in [7, 11) is 0. The number of nitrogens with zero attached hydrogens (tertiary/aromatic N) is 1. The van der Waals surface area contributed by atoms with Gasteiger partial charge in [0.25, 0.3) is 6.43 Å². The van der Waals surface area contributed by atoms with Gasteiger partial charge in [-0.05, 0) is 0 Å². The quantitative estimate of drug-likeness (QED) is 0.517. The van der Waals surface area contributed by atoms with Crippen LogP contribution in [0.4, 0.5) is 8.78 Å². The van der Waals surface area contributed by atoms with Crippen molar-refractivity contribution in [3.63, 3.8) is 0 Å². The number of halogens is 3. The average molecular weight is 182 g/mol. The summed E-state index contributed by atoms with van der Waals surface area (Å²) in [5.74, 6) is -1.75. The molecule has 11 heavy (non-hydrogen) atoms. The molecule has 0 bridgehead atoms. The number of carboxylic acids is 1. The number of alkyl halides is 2. The zero-order chi connectivity index (χ0) is 9.02. The molecule has 0 rings (SSSR count). The van der Waals surface area contributed by atoms with Gasteiger partial charge in [-0.2, -0.15) is 5.26 Å². The smallest absolute Gasteiger partial charge is 0.347 e. The highest BCUT2D eigenvalue weighted by Crippen LogP contribution is 2.17. The Morgan fingerprint density at radius 3 is 2.18 bits per heavy atom. The summed E-state index contributed by atoms with van der Waals surface area (Å²) < 4.78 is 23.2. The maximum atomic E-state index is 11.6. The first-order valence-electron chi connectivity index (χ1n) is 2.32. The third-order valence-electron chi connectivity index (χ3n) is 0.756. The SMILES string of the molecule is N#C/C(C(=O)O)=C(\Cl)C(F)F. The summed E-state index contributed by atoms with van der Waals surface area (Å²) >= 11 is 4.80. The molecule has 3 nitrogen and oxygen atoms in total. The molecule has 0 aliphatic carbocycles. The summed E-state index contributed by atoms with van der Waals surface area (Å²) in [4.78, 5) is 9.98. The van der Waals surface area contributed by atoms with Crippen molar-refractivity contribution < 1.29 is 18.7 Å². The summed E-state index contributed by atoms with van der Waals surface area (Å²) in [6.45, 7) is 0. The normalized spacial score (nSPS) is 12.3. The second kappa shape index (κ2) is 3.88. The Bertz CT molecular complexity index is 243. The van der Waals surface area contributed by atoms with E-state index in [0.717, 1.165) is 6.07 Å². The molecule has 0 radical (unpaired) electrons. The molecule has 0 unspecified atom stereocenters. The molecule has 60 valence electrons. The van der Waals surface area contributed by atoms with Gasteiger partial charge >= 0.3 is 5.97 Å². The van der Waals surface area contributed by atoms with Gasteiger partial charge in [0.1, 0.15) is 11.1 Å². The Balaban J connectivity index is 4.88. The van der Waals surface area contributed by atoms with Crippen LogP contribution in [0.25, 0.3) is 0 Å². The second-order valence-electron chi connectivity index (χ2n) is 1.44. The molecule has 0 aromatic rings. The van der Waals surface area contributed by atoms with Crippen LogP contribution in [0.15, 0.2) is 10.6 Å². The molecule has 0 fully saturated rings. The first kappa shape index (κ1) is 9.85. The number of hydrogen-bond donors (Lipinski definition) is 1. The molecule has 1 N–H and O–H groups in total. The third kappa shape index (κ3) is 2.51. The number of allylic oxidation sites excluding steroid dienone is 1. The fourth-order valence-electron chi connectivity index (χ4n) is 0.312. The highest BCUT2D eigenvalue weighted by molar-refractivity contribution is 6.32. The number of carboxylic acid groups (broad SMARTS) is 1. The van der Waals surface area contributed by atoms with E-state index < -0.39 is 23.0 Å². The van der Waals surface area contributed by atoms with Crippen LogP contribution in [0.5, 0.6) is 0 Å². The summed E-state index contributed by atoms with van der Waals surface area (Å²) in [5, 5.41) is 14.9. The van der Waals surface area contributed by atoms with Crippen LogP contribution in [0, 0.1) is 11.3 Å². The van der Waals surface area contributed by atoms with Crippen molar-refractivity contribution >= 4 is 17.6 Å². The highest BCUT2D eigenvalue weighted by Gasteiger charge is 2.19. The molecule has 0 saturated carbocycles. The van der Waals surface area contributed by atoms with Crippen molar-refractivity contribution in [2.75, 3.05) is 0 Å². The van der Waals surface area contributed by atoms with Gasteiger partial charge in [-0.3, -0.25) is 0 Å². The van der Waals surface area contributed by atoms with E-state index in [0.29, 0.717) is 0 Å². The largest absolute Gasteiger partial charge is 0.477 e. The van der Waals surface area contributed by atoms with E-state index in [2.05, 4.69) is 0 Å².